The van der Waals surface area contributed by atoms with E-state index in [1.807, 2.05) is 60.7 Å². The van der Waals surface area contributed by atoms with Crippen LogP contribution in [-0.2, 0) is 32.3 Å². The maximum Gasteiger partial charge on any atom is 0.246 e. The summed E-state index contributed by atoms with van der Waals surface area (Å²) in [4.78, 5) is 60.9. The van der Waals surface area contributed by atoms with E-state index in [-0.39, 0.29) is 49.8 Å². The molecule has 8 heteroatoms. The van der Waals surface area contributed by atoms with E-state index in [4.69, 9.17) is 0 Å². The second-order valence-corrected chi connectivity index (χ2v) is 9.85. The second-order valence-electron chi connectivity index (χ2n) is 9.85. The third kappa shape index (κ3) is 4.98. The van der Waals surface area contributed by atoms with Gasteiger partial charge in [0.15, 0.2) is 0 Å². The summed E-state index contributed by atoms with van der Waals surface area (Å²) in [7, 11) is 0. The summed E-state index contributed by atoms with van der Waals surface area (Å²) >= 11 is 0. The molecule has 0 aliphatic carbocycles. The minimum Gasteiger partial charge on any atom is -0.329 e. The topological polar surface area (TPSA) is 81.2 Å². The first-order valence-corrected chi connectivity index (χ1v) is 12.8. The molecule has 188 valence electrons. The first kappa shape index (κ1) is 24.0. The molecule has 0 aromatic heterocycles. The molecule has 0 radical (unpaired) electrons. The number of hydrogen-bond donors (Lipinski definition) is 0. The highest BCUT2D eigenvalue weighted by molar-refractivity contribution is 5.96. The standard InChI is InChI=1S/C28H32N4O4/c33-25-19-29(17-21-9-3-1-4-10-21)27(35)23-13-7-15-31(23)26(34)20-30(18-22-11-5-2-6-12-22)28(36)24-14-8-16-32(24)25/h1-6,9-12,23-24H,7-8,13-20H2/t23-,24-/m0/s1. The molecule has 0 unspecified atom stereocenters. The van der Waals surface area contributed by atoms with Crippen LogP contribution in [0.15, 0.2) is 60.7 Å². The van der Waals surface area contributed by atoms with Crippen LogP contribution in [0.5, 0.6) is 0 Å². The van der Waals surface area contributed by atoms with Crippen LogP contribution < -0.4 is 0 Å². The highest BCUT2D eigenvalue weighted by Gasteiger charge is 2.42. The molecule has 3 aliphatic heterocycles. The van der Waals surface area contributed by atoms with Crippen LogP contribution in [0, 0.1) is 0 Å². The van der Waals surface area contributed by atoms with E-state index in [0.717, 1.165) is 24.0 Å². The molecule has 0 N–H and O–H groups in total. The predicted molar refractivity (Wildman–Crippen MR) is 133 cm³/mol. The third-order valence-corrected chi connectivity index (χ3v) is 7.42. The fraction of sp³-hybridized carbons (Fsp3) is 0.429. The predicted octanol–water partition coefficient (Wildman–Crippen LogP) is 2.04. The van der Waals surface area contributed by atoms with Gasteiger partial charge in [0.05, 0.1) is 0 Å². The molecule has 3 aliphatic rings. The number of carbonyl (C=O) groups excluding carboxylic acids is 4. The molecule has 3 heterocycles. The van der Waals surface area contributed by atoms with Crippen molar-refractivity contribution in [1.29, 1.82) is 0 Å². The Balaban J connectivity index is 1.47. The van der Waals surface area contributed by atoms with E-state index in [0.29, 0.717) is 25.9 Å². The number of hydrogen-bond acceptors (Lipinski definition) is 4. The Morgan fingerprint density at radius 3 is 1.36 bits per heavy atom. The number of rotatable bonds is 4. The lowest BCUT2D eigenvalue weighted by molar-refractivity contribution is -0.154. The lowest BCUT2D eigenvalue weighted by Crippen LogP contribution is -2.56. The minimum atomic E-state index is -0.614. The molecule has 0 saturated carbocycles. The number of benzene rings is 2. The van der Waals surface area contributed by atoms with Gasteiger partial charge in [0.25, 0.3) is 0 Å². The largest absolute Gasteiger partial charge is 0.329 e. The van der Waals surface area contributed by atoms with Crippen molar-refractivity contribution in [2.75, 3.05) is 26.2 Å². The Labute approximate surface area is 211 Å². The van der Waals surface area contributed by atoms with Gasteiger partial charge in [-0.05, 0) is 36.8 Å². The lowest BCUT2D eigenvalue weighted by Gasteiger charge is -2.36. The van der Waals surface area contributed by atoms with Crippen LogP contribution in [0.4, 0.5) is 0 Å². The number of fused-ring (bicyclic) bond motifs is 2. The molecule has 3 fully saturated rings. The van der Waals surface area contributed by atoms with Crippen molar-refractivity contribution in [2.24, 2.45) is 0 Å². The van der Waals surface area contributed by atoms with Crippen LogP contribution in [-0.4, -0.2) is 81.5 Å². The van der Waals surface area contributed by atoms with Crippen molar-refractivity contribution in [3.05, 3.63) is 71.8 Å². The quantitative estimate of drug-likeness (QED) is 0.660. The van der Waals surface area contributed by atoms with E-state index >= 15 is 0 Å². The van der Waals surface area contributed by atoms with E-state index in [1.165, 1.54) is 0 Å². The molecular weight excluding hydrogens is 456 g/mol. The minimum absolute atomic E-state index is 0.102. The molecular formula is C28H32N4O4. The van der Waals surface area contributed by atoms with E-state index in [9.17, 15) is 19.2 Å². The Bertz CT molecular complexity index is 1030. The van der Waals surface area contributed by atoms with Gasteiger partial charge >= 0.3 is 0 Å². The Morgan fingerprint density at radius 1 is 0.583 bits per heavy atom. The van der Waals surface area contributed by atoms with Gasteiger partial charge in [-0.2, -0.15) is 0 Å². The van der Waals surface area contributed by atoms with Crippen molar-refractivity contribution >= 4 is 23.6 Å². The monoisotopic (exact) mass is 488 g/mol. The molecule has 0 bridgehead atoms. The van der Waals surface area contributed by atoms with Crippen LogP contribution in [0.25, 0.3) is 0 Å². The molecule has 36 heavy (non-hydrogen) atoms. The van der Waals surface area contributed by atoms with Gasteiger partial charge in [0.1, 0.15) is 25.2 Å². The fourth-order valence-corrected chi connectivity index (χ4v) is 5.60. The van der Waals surface area contributed by atoms with Gasteiger partial charge in [0.2, 0.25) is 23.6 Å². The van der Waals surface area contributed by atoms with Crippen molar-refractivity contribution in [3.8, 4) is 0 Å². The van der Waals surface area contributed by atoms with Gasteiger partial charge < -0.3 is 19.6 Å². The van der Waals surface area contributed by atoms with Gasteiger partial charge in [-0.3, -0.25) is 19.2 Å². The van der Waals surface area contributed by atoms with E-state index < -0.39 is 12.1 Å². The highest BCUT2D eigenvalue weighted by Crippen LogP contribution is 2.25. The summed E-state index contributed by atoms with van der Waals surface area (Å²) in [5.74, 6) is -0.830. The van der Waals surface area contributed by atoms with Gasteiger partial charge in [-0.25, -0.2) is 0 Å². The third-order valence-electron chi connectivity index (χ3n) is 7.42. The van der Waals surface area contributed by atoms with Crippen LogP contribution >= 0.6 is 0 Å². The molecule has 5 rings (SSSR count). The first-order valence-electron chi connectivity index (χ1n) is 12.8. The molecule has 2 aromatic carbocycles. The van der Waals surface area contributed by atoms with Crippen molar-refractivity contribution in [3.63, 3.8) is 0 Å². The number of carbonyl (C=O) groups is 4. The first-order chi connectivity index (χ1) is 17.5. The van der Waals surface area contributed by atoms with Gasteiger partial charge in [0, 0.05) is 26.2 Å². The Morgan fingerprint density at radius 2 is 0.972 bits per heavy atom. The smallest absolute Gasteiger partial charge is 0.246 e. The van der Waals surface area contributed by atoms with E-state index in [1.54, 1.807) is 19.6 Å². The highest BCUT2D eigenvalue weighted by atomic mass is 16.2. The summed E-state index contributed by atoms with van der Waals surface area (Å²) in [6.07, 6.45) is 2.55. The SMILES string of the molecule is O=C1[C@@H]2CCCN2C(=O)CN(Cc2ccccc2)C(=O)[C@@H]2CCCN2C(=O)CN1Cc1ccccc1. The molecule has 2 atom stereocenters. The zero-order valence-corrected chi connectivity index (χ0v) is 20.4. The fourth-order valence-electron chi connectivity index (χ4n) is 5.60. The molecule has 8 nitrogen and oxygen atoms in total. The van der Waals surface area contributed by atoms with Gasteiger partial charge in [-0.1, -0.05) is 60.7 Å². The van der Waals surface area contributed by atoms with E-state index in [2.05, 4.69) is 0 Å². The van der Waals surface area contributed by atoms with Crippen molar-refractivity contribution < 1.29 is 19.2 Å². The number of amides is 4. The zero-order valence-electron chi connectivity index (χ0n) is 20.4. The second kappa shape index (κ2) is 10.5. The lowest BCUT2D eigenvalue weighted by atomic mass is 10.1. The van der Waals surface area contributed by atoms with Crippen LogP contribution in [0.3, 0.4) is 0 Å². The molecule has 3 saturated heterocycles. The molecule has 2 aromatic rings. The Hall–Kier alpha value is -3.68. The average molecular weight is 489 g/mol. The summed E-state index contributed by atoms with van der Waals surface area (Å²) in [5, 5.41) is 0. The average Bonchev–Trinajstić information content (AvgIpc) is 3.58. The zero-order chi connectivity index (χ0) is 25.1. The van der Waals surface area contributed by atoms with Gasteiger partial charge in [-0.15, -0.1) is 0 Å². The maximum atomic E-state index is 13.7. The van der Waals surface area contributed by atoms with Crippen molar-refractivity contribution in [2.45, 2.75) is 50.9 Å². The van der Waals surface area contributed by atoms with Crippen LogP contribution in [0.1, 0.15) is 36.8 Å². The number of nitrogens with zero attached hydrogens (tertiary/aromatic N) is 4. The molecule has 0 spiro atoms. The normalized spacial score (nSPS) is 23.4. The van der Waals surface area contributed by atoms with Crippen LogP contribution in [0.2, 0.25) is 0 Å². The Kier molecular flexibility index (Phi) is 7.02. The summed E-state index contributed by atoms with van der Waals surface area (Å²) < 4.78 is 0. The summed E-state index contributed by atoms with van der Waals surface area (Å²) in [6.45, 7) is 1.33. The summed E-state index contributed by atoms with van der Waals surface area (Å²) in [5.41, 5.74) is 1.84. The maximum absolute atomic E-state index is 13.7. The molecule has 4 amide bonds. The van der Waals surface area contributed by atoms with Crippen molar-refractivity contribution in [1.82, 2.24) is 19.6 Å². The summed E-state index contributed by atoms with van der Waals surface area (Å²) in [6, 6.07) is 17.9.